The zero-order chi connectivity index (χ0) is 31.7. The number of rotatable bonds is 12. The van der Waals surface area contributed by atoms with Gasteiger partial charge < -0.3 is 18.6 Å². The Kier molecular flexibility index (Phi) is 15.4. The Balaban J connectivity index is 0.00000368. The standard InChI is InChI=1S/C30H28N4O8S2.2Na/c1-3-41-27-15-11-23(12-16-27)31-33-25-9-7-21(29(19-25)43(35,36)37)5-6-22-8-10-26(20-30(22)44(38,39)40)34-32-24-13-17-28(18-14-24)42-4-2;;/h5-20H,3-4H2,1-2H3,(H,35,36,37)(H,38,39,40);;/q;2*+1/p-2. The summed E-state index contributed by atoms with van der Waals surface area (Å²) in [5.41, 5.74) is 1.03. The third-order valence-electron chi connectivity index (χ3n) is 5.83. The van der Waals surface area contributed by atoms with Crippen LogP contribution in [0, 0.1) is 0 Å². The summed E-state index contributed by atoms with van der Waals surface area (Å²) in [6, 6.07) is 21.0. The van der Waals surface area contributed by atoms with Gasteiger partial charge in [-0.3, -0.25) is 0 Å². The summed E-state index contributed by atoms with van der Waals surface area (Å²) in [5.74, 6) is 1.30. The van der Waals surface area contributed by atoms with Crippen molar-refractivity contribution in [3.8, 4) is 11.5 Å². The number of hydrogen-bond donors (Lipinski definition) is 0. The molecule has 0 heterocycles. The first-order chi connectivity index (χ1) is 21.0. The molecule has 0 aliphatic heterocycles. The van der Waals surface area contributed by atoms with Crippen LogP contribution in [-0.2, 0) is 20.2 Å². The smallest absolute Gasteiger partial charge is 0.744 e. The van der Waals surface area contributed by atoms with Crippen LogP contribution in [0.4, 0.5) is 22.7 Å². The van der Waals surface area contributed by atoms with Crippen molar-refractivity contribution in [1.29, 1.82) is 0 Å². The summed E-state index contributed by atoms with van der Waals surface area (Å²) >= 11 is 0. The molecule has 0 aliphatic carbocycles. The van der Waals surface area contributed by atoms with E-state index in [2.05, 4.69) is 20.5 Å². The molecule has 16 heteroatoms. The molecule has 0 bridgehead atoms. The van der Waals surface area contributed by atoms with E-state index in [9.17, 15) is 25.9 Å². The van der Waals surface area contributed by atoms with E-state index in [0.29, 0.717) is 36.1 Å². The van der Waals surface area contributed by atoms with Crippen LogP contribution in [0.2, 0.25) is 0 Å². The Morgan fingerprint density at radius 3 is 1.15 bits per heavy atom. The molecule has 0 aromatic heterocycles. The number of hydrogen-bond acceptors (Lipinski definition) is 12. The van der Waals surface area contributed by atoms with Gasteiger partial charge in [0.1, 0.15) is 31.7 Å². The largest absolute Gasteiger partial charge is 1.00 e. The SMILES string of the molecule is CCOc1ccc(N=Nc2ccc(C=Cc3ccc(N=Nc4ccc(OCC)cc4)cc3S(=O)(=O)[O-])c(S(=O)(=O)[O-])c2)cc1.[Na+].[Na+]. The molecule has 4 aromatic rings. The van der Waals surface area contributed by atoms with Crippen LogP contribution in [-0.4, -0.2) is 39.2 Å². The number of azo groups is 2. The molecule has 0 spiro atoms. The Morgan fingerprint density at radius 1 is 0.543 bits per heavy atom. The number of benzene rings is 4. The van der Waals surface area contributed by atoms with Gasteiger partial charge in [0.15, 0.2) is 0 Å². The van der Waals surface area contributed by atoms with Crippen molar-refractivity contribution >= 4 is 55.1 Å². The fourth-order valence-electron chi connectivity index (χ4n) is 3.84. The minimum atomic E-state index is -4.98. The van der Waals surface area contributed by atoms with Gasteiger partial charge in [0.05, 0.1) is 45.8 Å². The predicted octanol–water partition coefficient (Wildman–Crippen LogP) is 1.30. The van der Waals surface area contributed by atoms with Gasteiger partial charge in [-0.25, -0.2) is 16.8 Å². The fraction of sp³-hybridized carbons (Fsp3) is 0.133. The molecule has 12 nitrogen and oxygen atoms in total. The van der Waals surface area contributed by atoms with Crippen LogP contribution in [0.3, 0.4) is 0 Å². The van der Waals surface area contributed by atoms with E-state index in [1.165, 1.54) is 36.4 Å². The molecule has 0 saturated heterocycles. The number of nitrogens with zero attached hydrogens (tertiary/aromatic N) is 4. The summed E-state index contributed by atoms with van der Waals surface area (Å²) in [6.45, 7) is 4.72. The molecule has 0 fully saturated rings. The summed E-state index contributed by atoms with van der Waals surface area (Å²) in [5, 5.41) is 16.1. The van der Waals surface area contributed by atoms with Crippen molar-refractivity contribution < 1.29 is 94.5 Å². The van der Waals surface area contributed by atoms with Crippen LogP contribution in [0.1, 0.15) is 25.0 Å². The quantitative estimate of drug-likeness (QED) is 0.0929. The molecule has 46 heavy (non-hydrogen) atoms. The van der Waals surface area contributed by atoms with Gasteiger partial charge >= 0.3 is 59.1 Å². The summed E-state index contributed by atoms with van der Waals surface area (Å²) < 4.78 is 83.0. The van der Waals surface area contributed by atoms with Gasteiger partial charge in [0.2, 0.25) is 0 Å². The number of ether oxygens (including phenoxy) is 2. The van der Waals surface area contributed by atoms with Gasteiger partial charge in [0, 0.05) is 0 Å². The monoisotopic (exact) mass is 680 g/mol. The van der Waals surface area contributed by atoms with Crippen LogP contribution < -0.4 is 68.6 Å². The normalized spacial score (nSPS) is 11.8. The minimum Gasteiger partial charge on any atom is -0.744 e. The molecule has 0 amide bonds. The van der Waals surface area contributed by atoms with Crippen LogP contribution >= 0.6 is 0 Å². The fourth-order valence-corrected chi connectivity index (χ4v) is 5.22. The summed E-state index contributed by atoms with van der Waals surface area (Å²) in [6.07, 6.45) is 2.42. The third kappa shape index (κ3) is 11.5. The van der Waals surface area contributed by atoms with Gasteiger partial charge in [-0.2, -0.15) is 20.5 Å². The van der Waals surface area contributed by atoms with Crippen molar-refractivity contribution in [2.24, 2.45) is 20.5 Å². The Morgan fingerprint density at radius 2 is 0.848 bits per heavy atom. The first-order valence-electron chi connectivity index (χ1n) is 13.1. The van der Waals surface area contributed by atoms with Crippen molar-refractivity contribution in [3.63, 3.8) is 0 Å². The molecule has 0 saturated carbocycles. The van der Waals surface area contributed by atoms with E-state index >= 15 is 0 Å². The van der Waals surface area contributed by atoms with Crippen LogP contribution in [0.15, 0.2) is 115 Å². The van der Waals surface area contributed by atoms with Crippen molar-refractivity contribution in [2.75, 3.05) is 13.2 Å². The van der Waals surface area contributed by atoms with Crippen molar-refractivity contribution in [1.82, 2.24) is 0 Å². The first kappa shape index (κ1) is 39.4. The van der Waals surface area contributed by atoms with Crippen molar-refractivity contribution in [2.45, 2.75) is 23.6 Å². The molecular weight excluding hydrogens is 654 g/mol. The third-order valence-corrected chi connectivity index (χ3v) is 7.62. The molecule has 228 valence electrons. The van der Waals surface area contributed by atoms with Crippen molar-refractivity contribution in [3.05, 3.63) is 96.1 Å². The maximum absolute atomic E-state index is 12.1. The Hall–Kier alpha value is -2.76. The van der Waals surface area contributed by atoms with E-state index in [1.807, 2.05) is 13.8 Å². The summed E-state index contributed by atoms with van der Waals surface area (Å²) in [7, 11) is -9.95. The second kappa shape index (κ2) is 18.0. The minimum absolute atomic E-state index is 0. The van der Waals surface area contributed by atoms with E-state index in [1.54, 1.807) is 48.5 Å². The molecule has 0 N–H and O–H groups in total. The van der Waals surface area contributed by atoms with Gasteiger partial charge in [-0.15, -0.1) is 0 Å². The second-order valence-corrected chi connectivity index (χ2v) is 11.6. The van der Waals surface area contributed by atoms with E-state index in [4.69, 9.17) is 9.47 Å². The topological polar surface area (TPSA) is 182 Å². The zero-order valence-corrected chi connectivity index (χ0v) is 31.2. The maximum Gasteiger partial charge on any atom is 1.00 e. The average Bonchev–Trinajstić information content (AvgIpc) is 2.99. The van der Waals surface area contributed by atoms with Gasteiger partial charge in [0.25, 0.3) is 0 Å². The molecule has 0 aliphatic rings. The maximum atomic E-state index is 12.1. The van der Waals surface area contributed by atoms with Gasteiger partial charge in [-0.05, 0) is 97.8 Å². The second-order valence-electron chi connectivity index (χ2n) is 8.94. The molecule has 0 radical (unpaired) electrons. The first-order valence-corrected chi connectivity index (χ1v) is 15.9. The Labute approximate surface area is 311 Å². The molecular formula is C30H26N4Na2O8S2. The van der Waals surface area contributed by atoms with E-state index in [0.717, 1.165) is 12.1 Å². The molecule has 4 aromatic carbocycles. The van der Waals surface area contributed by atoms with Crippen LogP contribution in [0.5, 0.6) is 11.5 Å². The van der Waals surface area contributed by atoms with Crippen LogP contribution in [0.25, 0.3) is 12.2 Å². The molecule has 4 rings (SSSR count). The van der Waals surface area contributed by atoms with E-state index in [-0.39, 0.29) is 81.6 Å². The Bertz CT molecular complexity index is 1790. The average molecular weight is 681 g/mol. The predicted molar refractivity (Wildman–Crippen MR) is 161 cm³/mol. The van der Waals surface area contributed by atoms with Gasteiger partial charge in [-0.1, -0.05) is 24.3 Å². The zero-order valence-electron chi connectivity index (χ0n) is 25.5. The summed E-state index contributed by atoms with van der Waals surface area (Å²) in [4.78, 5) is -1.21. The van der Waals surface area contributed by atoms with E-state index < -0.39 is 30.0 Å². The molecule has 0 unspecified atom stereocenters. The molecule has 0 atom stereocenters.